The molecule has 3 saturated carbocycles. The first-order valence-corrected chi connectivity index (χ1v) is 4.97. The lowest BCUT2D eigenvalue weighted by atomic mass is 9.87. The topological polar surface area (TPSA) is 37.3 Å². The second kappa shape index (κ2) is 1.86. The van der Waals surface area contributed by atoms with E-state index in [4.69, 9.17) is 5.11 Å². The molecule has 3 atom stereocenters. The molecule has 3 fully saturated rings. The van der Waals surface area contributed by atoms with Gasteiger partial charge in [-0.1, -0.05) is 0 Å². The van der Waals surface area contributed by atoms with Gasteiger partial charge in [0.05, 0.1) is 5.92 Å². The predicted molar refractivity (Wildman–Crippen MR) is 43.6 cm³/mol. The summed E-state index contributed by atoms with van der Waals surface area (Å²) in [5.74, 6) is 0.823. The Labute approximate surface area is 72.0 Å². The Bertz CT molecular complexity index is 242. The number of aliphatic carboxylic acids is 1. The van der Waals surface area contributed by atoms with Gasteiger partial charge in [0.15, 0.2) is 0 Å². The minimum Gasteiger partial charge on any atom is -0.481 e. The number of hydrogen-bond donors (Lipinski definition) is 1. The van der Waals surface area contributed by atoms with Gasteiger partial charge in [-0.25, -0.2) is 0 Å². The normalized spacial score (nSPS) is 46.8. The molecular weight excluding hydrogens is 152 g/mol. The van der Waals surface area contributed by atoms with E-state index in [1.165, 1.54) is 25.7 Å². The second-order valence-electron chi connectivity index (χ2n) is 4.79. The molecule has 2 nitrogen and oxygen atoms in total. The lowest BCUT2D eigenvalue weighted by Crippen LogP contribution is -2.21. The zero-order chi connectivity index (χ0) is 8.34. The Morgan fingerprint density at radius 1 is 1.33 bits per heavy atom. The van der Waals surface area contributed by atoms with Gasteiger partial charge in [0.1, 0.15) is 0 Å². The van der Waals surface area contributed by atoms with E-state index >= 15 is 0 Å². The summed E-state index contributed by atoms with van der Waals surface area (Å²) in [6.07, 6.45) is 6.15. The van der Waals surface area contributed by atoms with Gasteiger partial charge in [-0.3, -0.25) is 4.79 Å². The van der Waals surface area contributed by atoms with E-state index in [1.807, 2.05) is 0 Å². The molecule has 0 unspecified atom stereocenters. The molecule has 2 heteroatoms. The highest BCUT2D eigenvalue weighted by molar-refractivity contribution is 5.71. The Morgan fingerprint density at radius 3 is 2.50 bits per heavy atom. The number of hydrogen-bond acceptors (Lipinski definition) is 1. The van der Waals surface area contributed by atoms with E-state index in [1.54, 1.807) is 0 Å². The van der Waals surface area contributed by atoms with E-state index < -0.39 is 5.97 Å². The molecule has 3 aliphatic rings. The standard InChI is InChI=1S/C10H14O2/c11-9(12)7-5-6-1-2-8(7)10(6)3-4-10/h6-8H,1-5H2,(H,11,12)/t6-,7+,8+/m0/s1. The van der Waals surface area contributed by atoms with Gasteiger partial charge in [-0.05, 0) is 49.4 Å². The molecule has 1 spiro atoms. The molecule has 0 aromatic rings. The van der Waals surface area contributed by atoms with Crippen LogP contribution < -0.4 is 0 Å². The van der Waals surface area contributed by atoms with Crippen LogP contribution in [0.4, 0.5) is 0 Å². The van der Waals surface area contributed by atoms with E-state index in [9.17, 15) is 4.79 Å². The van der Waals surface area contributed by atoms with Crippen LogP contribution in [-0.4, -0.2) is 11.1 Å². The summed E-state index contributed by atoms with van der Waals surface area (Å²) in [4.78, 5) is 10.9. The fraction of sp³-hybridized carbons (Fsp3) is 0.900. The van der Waals surface area contributed by atoms with Crippen molar-refractivity contribution in [3.63, 3.8) is 0 Å². The lowest BCUT2D eigenvalue weighted by Gasteiger charge is -2.17. The summed E-state index contributed by atoms with van der Waals surface area (Å²) in [5, 5.41) is 9.00. The highest BCUT2D eigenvalue weighted by Crippen LogP contribution is 2.72. The molecule has 66 valence electrons. The third-order valence-electron chi connectivity index (χ3n) is 4.55. The van der Waals surface area contributed by atoms with Crippen molar-refractivity contribution in [2.24, 2.45) is 23.2 Å². The van der Waals surface area contributed by atoms with Crippen molar-refractivity contribution in [1.82, 2.24) is 0 Å². The number of carbonyl (C=O) groups is 1. The van der Waals surface area contributed by atoms with Crippen LogP contribution in [0.1, 0.15) is 32.1 Å². The van der Waals surface area contributed by atoms with Crippen LogP contribution in [0.25, 0.3) is 0 Å². The highest BCUT2D eigenvalue weighted by Gasteiger charge is 2.66. The van der Waals surface area contributed by atoms with Crippen LogP contribution in [0.5, 0.6) is 0 Å². The van der Waals surface area contributed by atoms with Crippen molar-refractivity contribution in [3.05, 3.63) is 0 Å². The third-order valence-corrected chi connectivity index (χ3v) is 4.55. The maximum Gasteiger partial charge on any atom is 0.306 e. The predicted octanol–water partition coefficient (Wildman–Crippen LogP) is 1.90. The first-order chi connectivity index (χ1) is 5.74. The second-order valence-corrected chi connectivity index (χ2v) is 4.79. The quantitative estimate of drug-likeness (QED) is 0.646. The average Bonchev–Trinajstić information content (AvgIpc) is 2.69. The van der Waals surface area contributed by atoms with E-state index in [-0.39, 0.29) is 5.92 Å². The molecule has 3 rings (SSSR count). The maximum atomic E-state index is 10.9. The molecule has 0 aliphatic heterocycles. The lowest BCUT2D eigenvalue weighted by molar-refractivity contribution is -0.143. The van der Waals surface area contributed by atoms with Crippen molar-refractivity contribution >= 4 is 5.97 Å². The van der Waals surface area contributed by atoms with Gasteiger partial charge < -0.3 is 5.11 Å². The summed E-state index contributed by atoms with van der Waals surface area (Å²) in [6.45, 7) is 0. The molecule has 0 aromatic carbocycles. The molecule has 12 heavy (non-hydrogen) atoms. The van der Waals surface area contributed by atoms with Crippen LogP contribution in [0, 0.1) is 23.2 Å². The largest absolute Gasteiger partial charge is 0.481 e. The fourth-order valence-corrected chi connectivity index (χ4v) is 3.88. The van der Waals surface area contributed by atoms with Gasteiger partial charge in [0.25, 0.3) is 0 Å². The van der Waals surface area contributed by atoms with Gasteiger partial charge >= 0.3 is 5.97 Å². The highest BCUT2D eigenvalue weighted by atomic mass is 16.4. The molecule has 1 N–H and O–H groups in total. The molecule has 0 amide bonds. The van der Waals surface area contributed by atoms with Gasteiger partial charge in [-0.2, -0.15) is 0 Å². The summed E-state index contributed by atoms with van der Waals surface area (Å²) >= 11 is 0. The van der Waals surface area contributed by atoms with E-state index in [0.29, 0.717) is 11.3 Å². The van der Waals surface area contributed by atoms with Gasteiger partial charge in [-0.15, -0.1) is 0 Å². The molecule has 2 bridgehead atoms. The van der Waals surface area contributed by atoms with Gasteiger partial charge in [0, 0.05) is 0 Å². The Morgan fingerprint density at radius 2 is 2.08 bits per heavy atom. The summed E-state index contributed by atoms with van der Waals surface area (Å²) in [7, 11) is 0. The first-order valence-electron chi connectivity index (χ1n) is 4.97. The molecule has 3 aliphatic carbocycles. The van der Waals surface area contributed by atoms with Crippen molar-refractivity contribution in [2.75, 3.05) is 0 Å². The number of carboxylic acid groups (broad SMARTS) is 1. The molecule has 0 radical (unpaired) electrons. The maximum absolute atomic E-state index is 10.9. The SMILES string of the molecule is O=C(O)[C@@H]1C[C@@H]2CC[C@H]1C21CC1. The van der Waals surface area contributed by atoms with Crippen LogP contribution in [0.2, 0.25) is 0 Å². The zero-order valence-electron chi connectivity index (χ0n) is 7.12. The minimum absolute atomic E-state index is 0.0197. The fourth-order valence-electron chi connectivity index (χ4n) is 3.88. The van der Waals surface area contributed by atoms with E-state index in [0.717, 1.165) is 12.3 Å². The Kier molecular flexibility index (Phi) is 1.07. The van der Waals surface area contributed by atoms with Crippen LogP contribution in [-0.2, 0) is 4.79 Å². The summed E-state index contributed by atoms with van der Waals surface area (Å²) in [5.41, 5.74) is 0.545. The average molecular weight is 166 g/mol. The Hall–Kier alpha value is -0.530. The number of carboxylic acids is 1. The molecule has 0 saturated heterocycles. The van der Waals surface area contributed by atoms with Crippen molar-refractivity contribution in [1.29, 1.82) is 0 Å². The monoisotopic (exact) mass is 166 g/mol. The molecule has 0 heterocycles. The van der Waals surface area contributed by atoms with Crippen molar-refractivity contribution in [3.8, 4) is 0 Å². The van der Waals surface area contributed by atoms with Crippen molar-refractivity contribution in [2.45, 2.75) is 32.1 Å². The van der Waals surface area contributed by atoms with Crippen LogP contribution in [0.3, 0.4) is 0 Å². The number of rotatable bonds is 1. The third kappa shape index (κ3) is 0.606. The minimum atomic E-state index is -0.534. The van der Waals surface area contributed by atoms with Crippen LogP contribution in [0.15, 0.2) is 0 Å². The zero-order valence-corrected chi connectivity index (χ0v) is 7.12. The van der Waals surface area contributed by atoms with Crippen LogP contribution >= 0.6 is 0 Å². The molecular formula is C10H14O2. The first kappa shape index (κ1) is 6.93. The van der Waals surface area contributed by atoms with E-state index in [2.05, 4.69) is 0 Å². The smallest absolute Gasteiger partial charge is 0.306 e. The van der Waals surface area contributed by atoms with Gasteiger partial charge in [0.2, 0.25) is 0 Å². The summed E-state index contributed by atoms with van der Waals surface area (Å²) < 4.78 is 0. The summed E-state index contributed by atoms with van der Waals surface area (Å²) in [6, 6.07) is 0. The van der Waals surface area contributed by atoms with Crippen molar-refractivity contribution < 1.29 is 9.90 Å². The molecule has 0 aromatic heterocycles. The Balaban J connectivity index is 1.92.